The van der Waals surface area contributed by atoms with Crippen LogP contribution in [0.2, 0.25) is 0 Å². The molecule has 4 amide bonds. The van der Waals surface area contributed by atoms with E-state index >= 15 is 0 Å². The number of methoxy groups -OCH3 is 1. The Morgan fingerprint density at radius 2 is 0.931 bits per heavy atom. The molecule has 0 spiro atoms. The molecule has 6 aromatic carbocycles. The van der Waals surface area contributed by atoms with Gasteiger partial charge in [0.25, 0.3) is 23.6 Å². The van der Waals surface area contributed by atoms with Gasteiger partial charge in [0.1, 0.15) is 48.7 Å². The highest BCUT2D eigenvalue weighted by Gasteiger charge is 2.61. The monoisotopic (exact) mass is 972 g/mol. The number of hydrogen-bond acceptors (Lipinski definition) is 13. The topological polar surface area (TPSA) is 158 Å². The first-order chi connectivity index (χ1) is 35.4. The van der Waals surface area contributed by atoms with Crippen molar-refractivity contribution in [1.82, 2.24) is 9.80 Å². The quantitative estimate of drug-likeness (QED) is 0.0892. The fourth-order valence-corrected chi connectivity index (χ4v) is 10.3. The summed E-state index contributed by atoms with van der Waals surface area (Å²) in [5, 5.41) is 0. The lowest BCUT2D eigenvalue weighted by Gasteiger charge is -2.53. The van der Waals surface area contributed by atoms with Gasteiger partial charge in [0.15, 0.2) is 18.9 Å². The maximum atomic E-state index is 14.9. The van der Waals surface area contributed by atoms with Crippen LogP contribution in [0.25, 0.3) is 0 Å². The van der Waals surface area contributed by atoms with Crippen LogP contribution >= 0.6 is 0 Å². The standard InChI is InChI=1S/C57H52N2O13/c1-64-56-45(58-51(60)39-26-14-15-27-40(39)52(58)61)49(66-31-36-20-8-3-9-21-36)47(43(69-56)33-65-30-35-18-6-2-7-19-35)72-57-46(59-53(62)41-28-16-17-29-42(41)54(59)63)50(67-32-37-22-10-4-11-23-37)48-44(70-57)34-68-55(71-48)38-24-12-5-13-25-38/h2-29,43-50,55-57H,30-34H2,1H3/t43-,44-,45-,46-,47-,48-,49-,50-,55-,56+,57+/m1/s1. The number of imide groups is 2. The van der Waals surface area contributed by atoms with E-state index in [4.69, 9.17) is 42.6 Å². The van der Waals surface area contributed by atoms with Gasteiger partial charge < -0.3 is 42.6 Å². The highest BCUT2D eigenvalue weighted by atomic mass is 16.8. The summed E-state index contributed by atoms with van der Waals surface area (Å²) in [6, 6.07) is 48.6. The normalized spacial score (nSPS) is 27.9. The van der Waals surface area contributed by atoms with E-state index in [9.17, 15) is 19.2 Å². The molecule has 0 aliphatic carbocycles. The summed E-state index contributed by atoms with van der Waals surface area (Å²) in [4.78, 5) is 61.1. The van der Waals surface area contributed by atoms with E-state index in [-0.39, 0.29) is 55.3 Å². The molecule has 0 unspecified atom stereocenters. The van der Waals surface area contributed by atoms with Gasteiger partial charge in [0, 0.05) is 12.7 Å². The van der Waals surface area contributed by atoms with Crippen LogP contribution in [0.15, 0.2) is 170 Å². The minimum absolute atomic E-state index is 0.00247. The maximum Gasteiger partial charge on any atom is 0.262 e. The van der Waals surface area contributed by atoms with Crippen LogP contribution in [0.1, 0.15) is 70.0 Å². The van der Waals surface area contributed by atoms with Crippen LogP contribution in [0, 0.1) is 0 Å². The van der Waals surface area contributed by atoms with E-state index in [1.807, 2.05) is 121 Å². The van der Waals surface area contributed by atoms with Crippen molar-refractivity contribution >= 4 is 23.6 Å². The lowest BCUT2D eigenvalue weighted by atomic mass is 9.92. The third-order valence-corrected chi connectivity index (χ3v) is 13.7. The first-order valence-corrected chi connectivity index (χ1v) is 24.0. The van der Waals surface area contributed by atoms with Gasteiger partial charge in [0.05, 0.1) is 55.3 Å². The molecular formula is C57H52N2O13. The van der Waals surface area contributed by atoms with Crippen molar-refractivity contribution in [2.45, 2.75) is 87.4 Å². The number of carbonyl (C=O) groups excluding carboxylic acids is 4. The first kappa shape index (κ1) is 47.6. The molecule has 72 heavy (non-hydrogen) atoms. The summed E-state index contributed by atoms with van der Waals surface area (Å²) in [5.41, 5.74) is 4.07. The third-order valence-electron chi connectivity index (χ3n) is 13.7. The van der Waals surface area contributed by atoms with E-state index in [1.165, 1.54) is 7.11 Å². The maximum absolute atomic E-state index is 14.9. The summed E-state index contributed by atoms with van der Waals surface area (Å²) in [7, 11) is 1.43. The average Bonchev–Trinajstić information content (AvgIpc) is 3.83. The molecule has 11 atom stereocenters. The molecule has 15 nitrogen and oxygen atoms in total. The molecule has 0 saturated carbocycles. The Morgan fingerprint density at radius 3 is 1.43 bits per heavy atom. The summed E-state index contributed by atoms with van der Waals surface area (Å²) in [6.45, 7) is 0.157. The number of fused-ring (bicyclic) bond motifs is 3. The molecule has 0 radical (unpaired) electrons. The van der Waals surface area contributed by atoms with Gasteiger partial charge in [-0.05, 0) is 41.0 Å². The highest BCUT2D eigenvalue weighted by molar-refractivity contribution is 6.22. The third kappa shape index (κ3) is 9.31. The molecule has 0 N–H and O–H groups in total. The van der Waals surface area contributed by atoms with Crippen molar-refractivity contribution in [2.24, 2.45) is 0 Å². The largest absolute Gasteiger partial charge is 0.374 e. The summed E-state index contributed by atoms with van der Waals surface area (Å²) in [5.74, 6) is -2.31. The molecule has 5 heterocycles. The fourth-order valence-electron chi connectivity index (χ4n) is 10.3. The number of nitrogens with zero attached hydrogens (tertiary/aromatic N) is 2. The molecule has 3 saturated heterocycles. The molecule has 6 aromatic rings. The van der Waals surface area contributed by atoms with Gasteiger partial charge in [-0.3, -0.25) is 29.0 Å². The van der Waals surface area contributed by atoms with Crippen LogP contribution in [0.4, 0.5) is 0 Å². The van der Waals surface area contributed by atoms with E-state index < -0.39 is 91.2 Å². The zero-order valence-corrected chi connectivity index (χ0v) is 39.3. The second-order valence-corrected chi connectivity index (χ2v) is 18.2. The van der Waals surface area contributed by atoms with Crippen LogP contribution in [-0.4, -0.2) is 115 Å². The van der Waals surface area contributed by atoms with Crippen LogP contribution < -0.4 is 0 Å². The number of hydrogen-bond donors (Lipinski definition) is 0. The van der Waals surface area contributed by atoms with Crippen molar-refractivity contribution in [3.05, 3.63) is 214 Å². The molecule has 3 fully saturated rings. The zero-order valence-electron chi connectivity index (χ0n) is 39.3. The van der Waals surface area contributed by atoms with Crippen molar-refractivity contribution < 1.29 is 61.8 Å². The molecule has 5 aliphatic heterocycles. The number of amides is 4. The van der Waals surface area contributed by atoms with Crippen LogP contribution in [-0.2, 0) is 62.5 Å². The number of benzene rings is 6. The van der Waals surface area contributed by atoms with Crippen molar-refractivity contribution in [2.75, 3.05) is 20.3 Å². The van der Waals surface area contributed by atoms with E-state index in [1.54, 1.807) is 48.5 Å². The second-order valence-electron chi connectivity index (χ2n) is 18.2. The molecule has 15 heteroatoms. The minimum Gasteiger partial charge on any atom is -0.374 e. The van der Waals surface area contributed by atoms with Gasteiger partial charge in [-0.2, -0.15) is 0 Å². The Hall–Kier alpha value is -6.76. The van der Waals surface area contributed by atoms with Crippen molar-refractivity contribution in [3.63, 3.8) is 0 Å². The van der Waals surface area contributed by atoms with E-state index in [0.717, 1.165) is 32.1 Å². The van der Waals surface area contributed by atoms with Gasteiger partial charge in [-0.15, -0.1) is 0 Å². The highest BCUT2D eigenvalue weighted by Crippen LogP contribution is 2.43. The van der Waals surface area contributed by atoms with Crippen LogP contribution in [0.3, 0.4) is 0 Å². The van der Waals surface area contributed by atoms with E-state index in [0.29, 0.717) is 0 Å². The molecule has 11 rings (SSSR count). The lowest BCUT2D eigenvalue weighted by Crippen LogP contribution is -2.71. The van der Waals surface area contributed by atoms with Crippen molar-refractivity contribution in [1.29, 1.82) is 0 Å². The molecule has 5 aliphatic rings. The predicted octanol–water partition coefficient (Wildman–Crippen LogP) is 7.30. The van der Waals surface area contributed by atoms with Gasteiger partial charge in [-0.25, -0.2) is 0 Å². The fraction of sp³-hybridized carbons (Fsp3) is 0.298. The Labute approximate surface area is 416 Å². The lowest BCUT2D eigenvalue weighted by molar-refractivity contribution is -0.376. The van der Waals surface area contributed by atoms with Gasteiger partial charge >= 0.3 is 0 Å². The molecule has 0 bridgehead atoms. The van der Waals surface area contributed by atoms with E-state index in [2.05, 4.69) is 0 Å². The molecule has 0 aromatic heterocycles. The first-order valence-electron chi connectivity index (χ1n) is 24.0. The zero-order chi connectivity index (χ0) is 49.1. The SMILES string of the molecule is CO[C@H]1O[C@H](COCc2ccccc2)[C@@H](O[C@@H]2O[C@@H]3CO[C@@H](c4ccccc4)O[C@H]3[C@H](OCc3ccccc3)[C@H]2N2C(=O)c3ccccc3C2=O)[C@H](OCc2ccccc2)[C@H]1N1C(=O)c2ccccc2C1=O. The van der Waals surface area contributed by atoms with Crippen molar-refractivity contribution in [3.8, 4) is 0 Å². The molecule has 368 valence electrons. The Morgan fingerprint density at radius 1 is 0.486 bits per heavy atom. The Balaban J connectivity index is 1.03. The Kier molecular flexibility index (Phi) is 14.0. The number of rotatable bonds is 16. The summed E-state index contributed by atoms with van der Waals surface area (Å²) < 4.78 is 60.7. The number of ether oxygens (including phenoxy) is 9. The average molecular weight is 973 g/mol. The molecular weight excluding hydrogens is 921 g/mol. The second kappa shape index (κ2) is 21.1. The van der Waals surface area contributed by atoms with Crippen LogP contribution in [0.5, 0.6) is 0 Å². The predicted molar refractivity (Wildman–Crippen MR) is 257 cm³/mol. The van der Waals surface area contributed by atoms with Gasteiger partial charge in [0.2, 0.25) is 0 Å². The summed E-state index contributed by atoms with van der Waals surface area (Å²) >= 11 is 0. The summed E-state index contributed by atoms with van der Waals surface area (Å²) in [6.07, 6.45) is -9.99. The van der Waals surface area contributed by atoms with Gasteiger partial charge in [-0.1, -0.05) is 146 Å². The number of carbonyl (C=O) groups is 4. The Bertz CT molecular complexity index is 2800. The minimum atomic E-state index is -1.50. The smallest absolute Gasteiger partial charge is 0.262 e.